The van der Waals surface area contributed by atoms with Gasteiger partial charge in [-0.15, -0.1) is 0 Å². The third kappa shape index (κ3) is 4.64. The molecule has 0 fully saturated rings. The zero-order valence-corrected chi connectivity index (χ0v) is 12.5. The molecule has 2 aromatic carbocycles. The number of hydrogen-bond donors (Lipinski definition) is 4. The smallest absolute Gasteiger partial charge is 0.345 e. The van der Waals surface area contributed by atoms with Crippen LogP contribution in [0.3, 0.4) is 0 Å². The van der Waals surface area contributed by atoms with Crippen molar-refractivity contribution in [1.82, 2.24) is 0 Å². The monoisotopic (exact) mass is 318 g/mol. The van der Waals surface area contributed by atoms with Crippen molar-refractivity contribution in [3.63, 3.8) is 0 Å². The van der Waals surface area contributed by atoms with Gasteiger partial charge < -0.3 is 20.4 Å². The number of aliphatic hydroxyl groups excluding tert-OH is 1. The van der Waals surface area contributed by atoms with Crippen LogP contribution in [0.1, 0.15) is 18.1 Å². The zero-order chi connectivity index (χ0) is 17.5. The lowest BCUT2D eigenvalue weighted by atomic mass is 9.86. The van der Waals surface area contributed by atoms with Gasteiger partial charge in [0.25, 0.3) is 0 Å². The first kappa shape index (κ1) is 18.3. The van der Waals surface area contributed by atoms with Crippen LogP contribution in [0.2, 0.25) is 0 Å². The summed E-state index contributed by atoms with van der Waals surface area (Å²) in [7, 11) is 0. The second-order valence-corrected chi connectivity index (χ2v) is 4.76. The van der Waals surface area contributed by atoms with Crippen molar-refractivity contribution in [2.45, 2.75) is 18.6 Å². The van der Waals surface area contributed by atoms with Gasteiger partial charge in [0.1, 0.15) is 6.10 Å². The molecule has 0 amide bonds. The zero-order valence-electron chi connectivity index (χ0n) is 12.5. The van der Waals surface area contributed by atoms with E-state index in [2.05, 4.69) is 0 Å². The molecule has 0 aliphatic rings. The molecule has 0 aliphatic carbocycles. The van der Waals surface area contributed by atoms with Gasteiger partial charge in [0.2, 0.25) is 5.60 Å². The van der Waals surface area contributed by atoms with Crippen LogP contribution in [0.15, 0.2) is 60.7 Å². The van der Waals surface area contributed by atoms with Crippen molar-refractivity contribution >= 4 is 11.9 Å². The molecule has 23 heavy (non-hydrogen) atoms. The summed E-state index contributed by atoms with van der Waals surface area (Å²) >= 11 is 0. The normalized spacial score (nSPS) is 11.8. The quantitative estimate of drug-likeness (QED) is 0.678. The number of benzene rings is 2. The van der Waals surface area contributed by atoms with E-state index in [-0.39, 0.29) is 0 Å². The highest BCUT2D eigenvalue weighted by Crippen LogP contribution is 2.29. The van der Waals surface area contributed by atoms with Gasteiger partial charge in [-0.1, -0.05) is 60.7 Å². The molecule has 2 aromatic rings. The molecule has 6 heteroatoms. The highest BCUT2D eigenvalue weighted by molar-refractivity contribution is 5.83. The fourth-order valence-electron chi connectivity index (χ4n) is 1.77. The van der Waals surface area contributed by atoms with E-state index in [0.29, 0.717) is 11.1 Å². The highest BCUT2D eigenvalue weighted by atomic mass is 16.4. The molecule has 122 valence electrons. The summed E-state index contributed by atoms with van der Waals surface area (Å²) in [5.41, 5.74) is -1.31. The number of carboxylic acid groups (broad SMARTS) is 2. The Balaban J connectivity index is 0.000000379. The summed E-state index contributed by atoms with van der Waals surface area (Å²) in [6, 6.07) is 16.7. The topological polar surface area (TPSA) is 115 Å². The van der Waals surface area contributed by atoms with E-state index >= 15 is 0 Å². The summed E-state index contributed by atoms with van der Waals surface area (Å²) in [5.74, 6) is -2.47. The van der Waals surface area contributed by atoms with E-state index in [1.807, 2.05) is 0 Å². The predicted octanol–water partition coefficient (Wildman–Crippen LogP) is 1.46. The van der Waals surface area contributed by atoms with Gasteiger partial charge >= 0.3 is 11.9 Å². The molecule has 6 nitrogen and oxygen atoms in total. The third-order valence-electron chi connectivity index (χ3n) is 3.05. The Morgan fingerprint density at radius 1 is 0.870 bits per heavy atom. The first-order valence-corrected chi connectivity index (χ1v) is 6.77. The Hall–Kier alpha value is -2.70. The van der Waals surface area contributed by atoms with E-state index < -0.39 is 23.6 Å². The minimum Gasteiger partial charge on any atom is -0.479 e. The Labute approximate surface area is 133 Å². The van der Waals surface area contributed by atoms with Gasteiger partial charge in [-0.25, -0.2) is 9.59 Å². The average molecular weight is 318 g/mol. The lowest BCUT2D eigenvalue weighted by molar-refractivity contribution is -0.155. The molecule has 4 N–H and O–H groups in total. The van der Waals surface area contributed by atoms with Crippen LogP contribution >= 0.6 is 0 Å². The molecule has 0 heterocycles. The number of rotatable bonds is 4. The molecular weight excluding hydrogens is 300 g/mol. The maximum Gasteiger partial charge on any atom is 0.345 e. The lowest BCUT2D eigenvalue weighted by Crippen LogP contribution is -2.36. The van der Waals surface area contributed by atoms with Crippen LogP contribution in [0.25, 0.3) is 0 Å². The number of aliphatic hydroxyl groups is 2. The van der Waals surface area contributed by atoms with Crippen LogP contribution in [0.5, 0.6) is 0 Å². The summed E-state index contributed by atoms with van der Waals surface area (Å²) in [6.07, 6.45) is -1.23. The fourth-order valence-corrected chi connectivity index (χ4v) is 1.77. The van der Waals surface area contributed by atoms with E-state index in [1.165, 1.54) is 6.92 Å². The Kier molecular flexibility index (Phi) is 6.44. The van der Waals surface area contributed by atoms with Crippen molar-refractivity contribution in [1.29, 1.82) is 0 Å². The fraction of sp³-hybridized carbons (Fsp3) is 0.176. The van der Waals surface area contributed by atoms with Crippen molar-refractivity contribution in [2.24, 2.45) is 0 Å². The van der Waals surface area contributed by atoms with E-state index in [4.69, 9.17) is 10.2 Å². The van der Waals surface area contributed by atoms with Crippen LogP contribution in [-0.2, 0) is 15.2 Å². The van der Waals surface area contributed by atoms with Crippen LogP contribution in [0, 0.1) is 0 Å². The predicted molar refractivity (Wildman–Crippen MR) is 82.8 cm³/mol. The second-order valence-electron chi connectivity index (χ2n) is 4.76. The standard InChI is InChI=1S/C14H12O3.C3H6O3/c15-13(16)14(17,11-7-3-1-4-8-11)12-9-5-2-6-10-12;1-2(4)3(5)6/h1-10,17H,(H,15,16);2,4H,1H3,(H,5,6). The Bertz CT molecular complexity index is 597. The molecule has 0 aliphatic heterocycles. The second kappa shape index (κ2) is 8.07. The van der Waals surface area contributed by atoms with Gasteiger partial charge in [0.05, 0.1) is 0 Å². The summed E-state index contributed by atoms with van der Waals surface area (Å²) in [6.45, 7) is 1.20. The van der Waals surface area contributed by atoms with E-state index in [9.17, 15) is 19.8 Å². The largest absolute Gasteiger partial charge is 0.479 e. The minimum absolute atomic E-state index is 0.346. The molecule has 0 saturated heterocycles. The third-order valence-corrected chi connectivity index (χ3v) is 3.05. The SMILES string of the molecule is CC(O)C(=O)O.O=C(O)C(O)(c1ccccc1)c1ccccc1. The molecule has 0 spiro atoms. The summed E-state index contributed by atoms with van der Waals surface area (Å²) in [5, 5.41) is 35.5. The van der Waals surface area contributed by atoms with E-state index in [1.54, 1.807) is 60.7 Å². The van der Waals surface area contributed by atoms with Gasteiger partial charge in [-0.05, 0) is 18.1 Å². The molecule has 1 atom stereocenters. The number of carbonyl (C=O) groups is 2. The van der Waals surface area contributed by atoms with Crippen LogP contribution < -0.4 is 0 Å². The molecule has 0 aromatic heterocycles. The van der Waals surface area contributed by atoms with Crippen molar-refractivity contribution in [3.8, 4) is 0 Å². The average Bonchev–Trinajstić information content (AvgIpc) is 2.56. The van der Waals surface area contributed by atoms with Gasteiger partial charge in [-0.3, -0.25) is 0 Å². The first-order chi connectivity index (χ1) is 10.8. The number of carboxylic acids is 2. The minimum atomic E-state index is -2.00. The highest BCUT2D eigenvalue weighted by Gasteiger charge is 2.39. The van der Waals surface area contributed by atoms with Gasteiger partial charge in [-0.2, -0.15) is 0 Å². The number of hydrogen-bond acceptors (Lipinski definition) is 4. The molecule has 0 bridgehead atoms. The summed E-state index contributed by atoms with van der Waals surface area (Å²) < 4.78 is 0. The van der Waals surface area contributed by atoms with Crippen molar-refractivity contribution < 1.29 is 30.0 Å². The Morgan fingerprint density at radius 2 is 1.17 bits per heavy atom. The van der Waals surface area contributed by atoms with Gasteiger partial charge in [0.15, 0.2) is 0 Å². The molecule has 1 unspecified atom stereocenters. The van der Waals surface area contributed by atoms with Crippen molar-refractivity contribution in [3.05, 3.63) is 71.8 Å². The number of aliphatic carboxylic acids is 2. The van der Waals surface area contributed by atoms with Crippen LogP contribution in [0.4, 0.5) is 0 Å². The first-order valence-electron chi connectivity index (χ1n) is 6.77. The molecule has 2 rings (SSSR count). The van der Waals surface area contributed by atoms with Crippen LogP contribution in [-0.4, -0.2) is 38.5 Å². The van der Waals surface area contributed by atoms with E-state index in [0.717, 1.165) is 0 Å². The Morgan fingerprint density at radius 3 is 1.39 bits per heavy atom. The maximum atomic E-state index is 11.4. The molecular formula is C17H18O6. The lowest BCUT2D eigenvalue weighted by Gasteiger charge is -2.24. The maximum absolute atomic E-state index is 11.4. The summed E-state index contributed by atoms with van der Waals surface area (Å²) in [4.78, 5) is 20.8. The molecule has 0 saturated carbocycles. The van der Waals surface area contributed by atoms with Gasteiger partial charge in [0, 0.05) is 0 Å². The molecule has 0 radical (unpaired) electrons. The van der Waals surface area contributed by atoms with Crippen molar-refractivity contribution in [2.75, 3.05) is 0 Å².